The van der Waals surface area contributed by atoms with Gasteiger partial charge in [-0.15, -0.1) is 0 Å². The van der Waals surface area contributed by atoms with Crippen LogP contribution in [-0.2, 0) is 0 Å². The summed E-state index contributed by atoms with van der Waals surface area (Å²) < 4.78 is 0. The minimum absolute atomic E-state index is 0.226. The molecule has 0 spiro atoms. The van der Waals surface area contributed by atoms with Gasteiger partial charge in [0.1, 0.15) is 5.82 Å². The molecule has 0 saturated carbocycles. The van der Waals surface area contributed by atoms with E-state index in [4.69, 9.17) is 5.11 Å². The number of thioether (sulfide) groups is 1. The van der Waals surface area contributed by atoms with E-state index < -0.39 is 5.97 Å². The summed E-state index contributed by atoms with van der Waals surface area (Å²) in [6.45, 7) is 0. The quantitative estimate of drug-likeness (QED) is 0.844. The SMILES string of the molecule is O=C(O)c1ccc(NC2CCCSC2)nc1. The maximum atomic E-state index is 10.6. The summed E-state index contributed by atoms with van der Waals surface area (Å²) in [6.07, 6.45) is 3.78. The second kappa shape index (κ2) is 5.21. The van der Waals surface area contributed by atoms with Crippen molar-refractivity contribution in [2.45, 2.75) is 18.9 Å². The third-order valence-electron chi connectivity index (χ3n) is 2.52. The first-order valence-corrected chi connectivity index (χ1v) is 6.45. The summed E-state index contributed by atoms with van der Waals surface area (Å²) in [5.74, 6) is 2.16. The molecule has 1 aliphatic heterocycles. The smallest absolute Gasteiger partial charge is 0.337 e. The lowest BCUT2D eigenvalue weighted by atomic mass is 10.2. The third-order valence-corrected chi connectivity index (χ3v) is 3.74. The number of rotatable bonds is 3. The van der Waals surface area contributed by atoms with E-state index >= 15 is 0 Å². The van der Waals surface area contributed by atoms with Gasteiger partial charge >= 0.3 is 5.97 Å². The number of nitrogens with zero attached hydrogens (tertiary/aromatic N) is 1. The van der Waals surface area contributed by atoms with Gasteiger partial charge in [0, 0.05) is 18.0 Å². The van der Waals surface area contributed by atoms with Crippen molar-refractivity contribution in [1.29, 1.82) is 0 Å². The lowest BCUT2D eigenvalue weighted by Crippen LogP contribution is -2.26. The molecule has 2 heterocycles. The highest BCUT2D eigenvalue weighted by Gasteiger charge is 2.13. The minimum Gasteiger partial charge on any atom is -0.478 e. The Morgan fingerprint density at radius 3 is 3.00 bits per heavy atom. The number of carboxylic acid groups (broad SMARTS) is 1. The molecule has 4 nitrogen and oxygen atoms in total. The van der Waals surface area contributed by atoms with Gasteiger partial charge in [-0.25, -0.2) is 9.78 Å². The summed E-state index contributed by atoms with van der Waals surface area (Å²) in [6, 6.07) is 3.76. The van der Waals surface area contributed by atoms with Gasteiger partial charge in [0.15, 0.2) is 0 Å². The zero-order chi connectivity index (χ0) is 11.4. The summed E-state index contributed by atoms with van der Waals surface area (Å²) in [5, 5.41) is 12.1. The fraction of sp³-hybridized carbons (Fsp3) is 0.455. The van der Waals surface area contributed by atoms with Crippen LogP contribution in [-0.4, -0.2) is 33.6 Å². The number of hydrogen-bond acceptors (Lipinski definition) is 4. The van der Waals surface area contributed by atoms with Gasteiger partial charge in [-0.3, -0.25) is 0 Å². The molecule has 1 aromatic heterocycles. The Bertz CT molecular complexity index is 361. The van der Waals surface area contributed by atoms with Crippen molar-refractivity contribution in [2.75, 3.05) is 16.8 Å². The summed E-state index contributed by atoms with van der Waals surface area (Å²) >= 11 is 1.95. The number of anilines is 1. The molecule has 1 fully saturated rings. The average Bonchev–Trinajstić information content (AvgIpc) is 2.31. The highest BCUT2D eigenvalue weighted by molar-refractivity contribution is 7.99. The molecule has 0 bridgehead atoms. The van der Waals surface area contributed by atoms with Crippen molar-refractivity contribution in [1.82, 2.24) is 4.98 Å². The number of carboxylic acids is 1. The lowest BCUT2D eigenvalue weighted by molar-refractivity contribution is 0.0696. The predicted octanol–water partition coefficient (Wildman–Crippen LogP) is 2.09. The Balaban J connectivity index is 1.96. The van der Waals surface area contributed by atoms with Crippen LogP contribution in [0.15, 0.2) is 18.3 Å². The molecular weight excluding hydrogens is 224 g/mol. The van der Waals surface area contributed by atoms with E-state index in [-0.39, 0.29) is 5.56 Å². The van der Waals surface area contributed by atoms with Gasteiger partial charge in [0.25, 0.3) is 0 Å². The largest absolute Gasteiger partial charge is 0.478 e. The molecule has 1 atom stereocenters. The van der Waals surface area contributed by atoms with Crippen LogP contribution in [0.4, 0.5) is 5.82 Å². The maximum Gasteiger partial charge on any atom is 0.337 e. The molecule has 2 N–H and O–H groups in total. The predicted molar refractivity (Wildman–Crippen MR) is 65.2 cm³/mol. The zero-order valence-electron chi connectivity index (χ0n) is 8.85. The van der Waals surface area contributed by atoms with Crippen molar-refractivity contribution in [2.24, 2.45) is 0 Å². The van der Waals surface area contributed by atoms with Gasteiger partial charge in [0.2, 0.25) is 0 Å². The van der Waals surface area contributed by atoms with Crippen LogP contribution in [0.1, 0.15) is 23.2 Å². The Morgan fingerprint density at radius 1 is 1.56 bits per heavy atom. The van der Waals surface area contributed by atoms with Crippen molar-refractivity contribution in [3.63, 3.8) is 0 Å². The molecule has 5 heteroatoms. The summed E-state index contributed by atoms with van der Waals surface area (Å²) in [7, 11) is 0. The van der Waals surface area contributed by atoms with Crippen molar-refractivity contribution < 1.29 is 9.90 Å². The fourth-order valence-corrected chi connectivity index (χ4v) is 2.74. The third kappa shape index (κ3) is 2.88. The van der Waals surface area contributed by atoms with Crippen LogP contribution in [0.2, 0.25) is 0 Å². The Labute approximate surface area is 98.5 Å². The lowest BCUT2D eigenvalue weighted by Gasteiger charge is -2.22. The van der Waals surface area contributed by atoms with E-state index in [1.165, 1.54) is 18.4 Å². The molecule has 1 saturated heterocycles. The molecule has 1 unspecified atom stereocenters. The Hall–Kier alpha value is -1.23. The first-order chi connectivity index (χ1) is 7.75. The minimum atomic E-state index is -0.938. The molecular formula is C11H14N2O2S. The molecule has 1 aliphatic rings. The van der Waals surface area contributed by atoms with Gasteiger partial charge in [-0.1, -0.05) is 0 Å². The van der Waals surface area contributed by atoms with Gasteiger partial charge in [-0.2, -0.15) is 11.8 Å². The average molecular weight is 238 g/mol. The number of aromatic carboxylic acids is 1. The monoisotopic (exact) mass is 238 g/mol. The zero-order valence-corrected chi connectivity index (χ0v) is 9.67. The molecule has 2 rings (SSSR count). The number of carbonyl (C=O) groups is 1. The molecule has 0 aromatic carbocycles. The standard InChI is InChI=1S/C11H14N2O2S/c14-11(15)8-3-4-10(12-6-8)13-9-2-1-5-16-7-9/h3-4,6,9H,1-2,5,7H2,(H,12,13)(H,14,15). The van der Waals surface area contributed by atoms with Crippen molar-refractivity contribution in [3.05, 3.63) is 23.9 Å². The summed E-state index contributed by atoms with van der Waals surface area (Å²) in [4.78, 5) is 14.7. The topological polar surface area (TPSA) is 62.2 Å². The van der Waals surface area contributed by atoms with E-state index in [1.54, 1.807) is 12.1 Å². The summed E-state index contributed by atoms with van der Waals surface area (Å²) in [5.41, 5.74) is 0.226. The number of pyridine rings is 1. The molecule has 0 radical (unpaired) electrons. The van der Waals surface area contributed by atoms with E-state index in [9.17, 15) is 4.79 Å². The van der Waals surface area contributed by atoms with E-state index in [0.717, 1.165) is 18.0 Å². The second-order valence-electron chi connectivity index (χ2n) is 3.80. The van der Waals surface area contributed by atoms with Crippen molar-refractivity contribution >= 4 is 23.5 Å². The first-order valence-electron chi connectivity index (χ1n) is 5.29. The van der Waals surface area contributed by atoms with Crippen LogP contribution >= 0.6 is 11.8 Å². The number of aromatic nitrogens is 1. The van der Waals surface area contributed by atoms with Crippen LogP contribution < -0.4 is 5.32 Å². The van der Waals surface area contributed by atoms with Crippen LogP contribution in [0.5, 0.6) is 0 Å². The number of hydrogen-bond donors (Lipinski definition) is 2. The molecule has 0 aliphatic carbocycles. The Kier molecular flexibility index (Phi) is 3.66. The molecule has 16 heavy (non-hydrogen) atoms. The van der Waals surface area contributed by atoms with Crippen LogP contribution in [0.25, 0.3) is 0 Å². The van der Waals surface area contributed by atoms with E-state index in [1.807, 2.05) is 11.8 Å². The van der Waals surface area contributed by atoms with Crippen LogP contribution in [0.3, 0.4) is 0 Å². The maximum absolute atomic E-state index is 10.6. The highest BCUT2D eigenvalue weighted by Crippen LogP contribution is 2.20. The molecule has 0 amide bonds. The second-order valence-corrected chi connectivity index (χ2v) is 4.95. The normalized spacial score (nSPS) is 20.4. The highest BCUT2D eigenvalue weighted by atomic mass is 32.2. The molecule has 1 aromatic rings. The first kappa shape index (κ1) is 11.3. The fourth-order valence-electron chi connectivity index (χ4n) is 1.67. The van der Waals surface area contributed by atoms with E-state index in [0.29, 0.717) is 6.04 Å². The number of nitrogens with one attached hydrogen (secondary N) is 1. The van der Waals surface area contributed by atoms with Gasteiger partial charge < -0.3 is 10.4 Å². The van der Waals surface area contributed by atoms with Gasteiger partial charge in [0.05, 0.1) is 5.56 Å². The van der Waals surface area contributed by atoms with Crippen molar-refractivity contribution in [3.8, 4) is 0 Å². The molecule has 86 valence electrons. The van der Waals surface area contributed by atoms with E-state index in [2.05, 4.69) is 10.3 Å². The van der Waals surface area contributed by atoms with Crippen LogP contribution in [0, 0.1) is 0 Å². The Morgan fingerprint density at radius 2 is 2.44 bits per heavy atom. The van der Waals surface area contributed by atoms with Gasteiger partial charge in [-0.05, 0) is 30.7 Å².